The molecule has 2 heterocycles. The lowest BCUT2D eigenvalue weighted by Gasteiger charge is -2.15. The van der Waals surface area contributed by atoms with Crippen LogP contribution in [-0.2, 0) is 11.3 Å². The smallest absolute Gasteiger partial charge is 0.266 e. The molecule has 0 radical (unpaired) electrons. The predicted octanol–water partition coefficient (Wildman–Crippen LogP) is 3.07. The molecule has 0 aliphatic rings. The Morgan fingerprint density at radius 1 is 1.33 bits per heavy atom. The summed E-state index contributed by atoms with van der Waals surface area (Å²) in [6.07, 6.45) is 2.42. The summed E-state index contributed by atoms with van der Waals surface area (Å²) >= 11 is 0. The molecule has 0 unspecified atom stereocenters. The SMILES string of the molecule is C[C@H](Oc1ccc(F)cc1)C(=O)Nc1ccnn1Cc1ccco1. The van der Waals surface area contributed by atoms with E-state index in [4.69, 9.17) is 9.15 Å². The van der Waals surface area contributed by atoms with Gasteiger partial charge in [0.05, 0.1) is 12.5 Å². The highest BCUT2D eigenvalue weighted by Crippen LogP contribution is 2.15. The highest BCUT2D eigenvalue weighted by molar-refractivity contribution is 5.93. The van der Waals surface area contributed by atoms with Crippen molar-refractivity contribution in [1.29, 1.82) is 0 Å². The van der Waals surface area contributed by atoms with Gasteiger partial charge in [-0.3, -0.25) is 4.79 Å². The summed E-state index contributed by atoms with van der Waals surface area (Å²) in [6.45, 7) is 2.02. The van der Waals surface area contributed by atoms with Gasteiger partial charge in [-0.15, -0.1) is 0 Å². The second-order valence-electron chi connectivity index (χ2n) is 5.16. The zero-order valence-corrected chi connectivity index (χ0v) is 13.0. The molecule has 2 aromatic heterocycles. The van der Waals surface area contributed by atoms with Crippen LogP contribution in [0.4, 0.5) is 10.2 Å². The van der Waals surface area contributed by atoms with E-state index in [1.54, 1.807) is 36.2 Å². The molecule has 0 saturated heterocycles. The molecule has 1 N–H and O–H groups in total. The van der Waals surface area contributed by atoms with Crippen LogP contribution >= 0.6 is 0 Å². The van der Waals surface area contributed by atoms with Gasteiger partial charge in [-0.2, -0.15) is 5.10 Å². The van der Waals surface area contributed by atoms with Gasteiger partial charge >= 0.3 is 0 Å². The molecule has 1 amide bonds. The first-order valence-electron chi connectivity index (χ1n) is 7.39. The van der Waals surface area contributed by atoms with Crippen LogP contribution in [0, 0.1) is 5.82 Å². The van der Waals surface area contributed by atoms with Crippen LogP contribution in [0.5, 0.6) is 5.75 Å². The molecule has 6 nitrogen and oxygen atoms in total. The molecule has 0 aliphatic heterocycles. The Morgan fingerprint density at radius 3 is 2.83 bits per heavy atom. The minimum Gasteiger partial charge on any atom is -0.481 e. The number of ether oxygens (including phenoxy) is 1. The van der Waals surface area contributed by atoms with Gasteiger partial charge < -0.3 is 14.5 Å². The quantitative estimate of drug-likeness (QED) is 0.754. The summed E-state index contributed by atoms with van der Waals surface area (Å²) in [7, 11) is 0. The van der Waals surface area contributed by atoms with Gasteiger partial charge in [-0.05, 0) is 43.3 Å². The number of rotatable bonds is 6. The van der Waals surface area contributed by atoms with Crippen LogP contribution in [0.25, 0.3) is 0 Å². The minimum absolute atomic E-state index is 0.333. The van der Waals surface area contributed by atoms with Crippen LogP contribution in [0.1, 0.15) is 12.7 Å². The number of amides is 1. The zero-order chi connectivity index (χ0) is 16.9. The summed E-state index contributed by atoms with van der Waals surface area (Å²) in [4.78, 5) is 12.3. The summed E-state index contributed by atoms with van der Waals surface area (Å²) in [6, 6.07) is 10.8. The van der Waals surface area contributed by atoms with E-state index in [2.05, 4.69) is 10.4 Å². The van der Waals surface area contributed by atoms with Crippen molar-refractivity contribution < 1.29 is 18.3 Å². The number of hydrogen-bond donors (Lipinski definition) is 1. The van der Waals surface area contributed by atoms with Crippen molar-refractivity contribution in [3.05, 3.63) is 66.5 Å². The van der Waals surface area contributed by atoms with Crippen molar-refractivity contribution in [3.8, 4) is 5.75 Å². The summed E-state index contributed by atoms with van der Waals surface area (Å²) < 4.78 is 25.3. The van der Waals surface area contributed by atoms with Crippen molar-refractivity contribution in [2.75, 3.05) is 5.32 Å². The van der Waals surface area contributed by atoms with Crippen molar-refractivity contribution in [2.24, 2.45) is 0 Å². The Morgan fingerprint density at radius 2 is 2.12 bits per heavy atom. The third-order valence-corrected chi connectivity index (χ3v) is 3.35. The molecule has 124 valence electrons. The highest BCUT2D eigenvalue weighted by Gasteiger charge is 2.17. The molecular weight excluding hydrogens is 313 g/mol. The van der Waals surface area contributed by atoms with Crippen LogP contribution in [0.3, 0.4) is 0 Å². The fraction of sp³-hybridized carbons (Fsp3) is 0.176. The fourth-order valence-corrected chi connectivity index (χ4v) is 2.11. The summed E-state index contributed by atoms with van der Waals surface area (Å²) in [5, 5.41) is 6.91. The van der Waals surface area contributed by atoms with Gasteiger partial charge in [0.25, 0.3) is 5.91 Å². The largest absolute Gasteiger partial charge is 0.481 e. The lowest BCUT2D eigenvalue weighted by molar-refractivity contribution is -0.122. The van der Waals surface area contributed by atoms with E-state index < -0.39 is 6.10 Å². The Hall–Kier alpha value is -3.09. The van der Waals surface area contributed by atoms with Crippen molar-refractivity contribution in [2.45, 2.75) is 19.6 Å². The van der Waals surface area contributed by atoms with Crippen LogP contribution in [-0.4, -0.2) is 21.8 Å². The van der Waals surface area contributed by atoms with E-state index in [-0.39, 0.29) is 11.7 Å². The Kier molecular flexibility index (Phi) is 4.60. The molecule has 0 fully saturated rings. The third-order valence-electron chi connectivity index (χ3n) is 3.35. The lowest BCUT2D eigenvalue weighted by atomic mass is 10.3. The van der Waals surface area contributed by atoms with E-state index in [0.717, 1.165) is 5.76 Å². The monoisotopic (exact) mass is 329 g/mol. The molecule has 0 spiro atoms. The van der Waals surface area contributed by atoms with Crippen LogP contribution in [0.15, 0.2) is 59.3 Å². The average Bonchev–Trinajstić information content (AvgIpc) is 3.22. The van der Waals surface area contributed by atoms with Crippen molar-refractivity contribution >= 4 is 11.7 Å². The van der Waals surface area contributed by atoms with Gasteiger partial charge in [-0.1, -0.05) is 0 Å². The van der Waals surface area contributed by atoms with Gasteiger partial charge in [0.15, 0.2) is 6.10 Å². The molecule has 7 heteroatoms. The molecule has 3 rings (SSSR count). The number of nitrogens with one attached hydrogen (secondary N) is 1. The number of carbonyl (C=O) groups excluding carboxylic acids is 1. The van der Waals surface area contributed by atoms with Crippen molar-refractivity contribution in [3.63, 3.8) is 0 Å². The van der Waals surface area contributed by atoms with Crippen molar-refractivity contribution in [1.82, 2.24) is 9.78 Å². The Balaban J connectivity index is 1.62. The Bertz CT molecular complexity index is 797. The summed E-state index contributed by atoms with van der Waals surface area (Å²) in [5.74, 6) is 0.987. The second-order valence-corrected chi connectivity index (χ2v) is 5.16. The first kappa shape index (κ1) is 15.8. The number of anilines is 1. The average molecular weight is 329 g/mol. The van der Waals surface area contributed by atoms with E-state index in [1.165, 1.54) is 24.3 Å². The topological polar surface area (TPSA) is 69.3 Å². The molecule has 0 bridgehead atoms. The summed E-state index contributed by atoms with van der Waals surface area (Å²) in [5.41, 5.74) is 0. The van der Waals surface area contributed by atoms with E-state index in [1.807, 2.05) is 6.07 Å². The Labute approximate surface area is 137 Å². The number of furan rings is 1. The molecule has 0 saturated carbocycles. The zero-order valence-electron chi connectivity index (χ0n) is 13.0. The van der Waals surface area contributed by atoms with E-state index >= 15 is 0 Å². The maximum Gasteiger partial charge on any atom is 0.266 e. The minimum atomic E-state index is -0.748. The fourth-order valence-electron chi connectivity index (χ4n) is 2.11. The number of hydrogen-bond acceptors (Lipinski definition) is 4. The van der Waals surface area contributed by atoms with E-state index in [9.17, 15) is 9.18 Å². The first-order chi connectivity index (χ1) is 11.6. The molecule has 24 heavy (non-hydrogen) atoms. The number of nitrogens with zero attached hydrogens (tertiary/aromatic N) is 2. The van der Waals surface area contributed by atoms with Crippen LogP contribution < -0.4 is 10.1 Å². The maximum absolute atomic E-state index is 12.9. The molecule has 3 aromatic rings. The molecule has 1 aromatic carbocycles. The van der Waals surface area contributed by atoms with Gasteiger partial charge in [0, 0.05) is 6.07 Å². The molecule has 1 atom stereocenters. The van der Waals surface area contributed by atoms with Crippen LogP contribution in [0.2, 0.25) is 0 Å². The first-order valence-corrected chi connectivity index (χ1v) is 7.39. The normalized spacial score (nSPS) is 11.9. The molecular formula is C17H16FN3O3. The van der Waals surface area contributed by atoms with Gasteiger partial charge in [-0.25, -0.2) is 9.07 Å². The third kappa shape index (κ3) is 3.81. The maximum atomic E-state index is 12.9. The number of halogens is 1. The standard InChI is InChI=1S/C17H16FN3O3/c1-12(24-14-6-4-13(18)5-7-14)17(22)20-16-8-9-19-21(16)11-15-3-2-10-23-15/h2-10,12H,11H2,1H3,(H,20,22)/t12-/m0/s1. The molecule has 0 aliphatic carbocycles. The van der Waals surface area contributed by atoms with E-state index in [0.29, 0.717) is 18.1 Å². The predicted molar refractivity (Wildman–Crippen MR) is 85.2 cm³/mol. The number of carbonyl (C=O) groups is 1. The number of aromatic nitrogens is 2. The van der Waals surface area contributed by atoms with Gasteiger partial charge in [0.2, 0.25) is 0 Å². The highest BCUT2D eigenvalue weighted by atomic mass is 19.1. The van der Waals surface area contributed by atoms with Gasteiger partial charge in [0.1, 0.15) is 29.7 Å². The lowest BCUT2D eigenvalue weighted by Crippen LogP contribution is -2.31. The second kappa shape index (κ2) is 6.99. The number of benzene rings is 1.